The van der Waals surface area contributed by atoms with Crippen molar-refractivity contribution in [2.75, 3.05) is 12.4 Å². The van der Waals surface area contributed by atoms with Crippen molar-refractivity contribution in [1.29, 1.82) is 0 Å². The Labute approximate surface area is 154 Å². The zero-order chi connectivity index (χ0) is 19.1. The molecule has 0 fully saturated rings. The highest BCUT2D eigenvalue weighted by Gasteiger charge is 2.36. The van der Waals surface area contributed by atoms with Crippen molar-refractivity contribution in [3.63, 3.8) is 0 Å². The minimum atomic E-state index is -0.674. The van der Waals surface area contributed by atoms with E-state index in [1.165, 1.54) is 36.8 Å². The van der Waals surface area contributed by atoms with Gasteiger partial charge in [-0.1, -0.05) is 33.8 Å². The number of hydrogen-bond donors (Lipinski definition) is 1. The molecule has 0 unspecified atom stereocenters. The van der Waals surface area contributed by atoms with Crippen LogP contribution in [0.2, 0.25) is 0 Å². The van der Waals surface area contributed by atoms with Crippen LogP contribution in [0, 0.1) is 5.82 Å². The fourth-order valence-electron chi connectivity index (χ4n) is 3.70. The summed E-state index contributed by atoms with van der Waals surface area (Å²) in [7, 11) is 1.24. The van der Waals surface area contributed by atoms with E-state index >= 15 is 0 Å². The monoisotopic (exact) mass is 355 g/mol. The Morgan fingerprint density at radius 3 is 2.15 bits per heavy atom. The van der Waals surface area contributed by atoms with Crippen LogP contribution in [-0.4, -0.2) is 13.1 Å². The molecule has 1 aliphatic carbocycles. The van der Waals surface area contributed by atoms with Crippen molar-refractivity contribution in [2.24, 2.45) is 0 Å². The van der Waals surface area contributed by atoms with E-state index in [-0.39, 0.29) is 16.4 Å². The molecule has 138 valence electrons. The number of carbonyl (C=O) groups excluding carboxylic acids is 1. The first-order valence-corrected chi connectivity index (χ1v) is 8.94. The molecule has 0 heterocycles. The third-order valence-corrected chi connectivity index (χ3v) is 5.52. The van der Waals surface area contributed by atoms with Gasteiger partial charge in [0.05, 0.1) is 12.7 Å². The summed E-state index contributed by atoms with van der Waals surface area (Å²) in [5.74, 6) is -1.27. The molecule has 0 amide bonds. The summed E-state index contributed by atoms with van der Waals surface area (Å²) in [5, 5.41) is 3.25. The fourth-order valence-corrected chi connectivity index (χ4v) is 3.70. The van der Waals surface area contributed by atoms with Gasteiger partial charge in [-0.05, 0) is 65.1 Å². The van der Waals surface area contributed by atoms with Gasteiger partial charge in [0.2, 0.25) is 0 Å². The topological polar surface area (TPSA) is 38.3 Å². The quantitative estimate of drug-likeness (QED) is 0.717. The minimum Gasteiger partial charge on any atom is -0.465 e. The van der Waals surface area contributed by atoms with Crippen LogP contribution < -0.4 is 5.32 Å². The van der Waals surface area contributed by atoms with E-state index in [4.69, 9.17) is 0 Å². The van der Waals surface area contributed by atoms with Gasteiger partial charge in [-0.25, -0.2) is 9.18 Å². The molecule has 3 rings (SSSR count). The van der Waals surface area contributed by atoms with E-state index in [0.717, 1.165) is 12.1 Å². The standard InChI is InChI=1S/C22H26FNO2/c1-21(2)10-11-22(3,4)18-12-14(7-9-17(18)21)24-15-6-8-16(19(23)13-15)20(25)26-5/h6-9,12-13,24H,10-11H2,1-5H3. The zero-order valence-corrected chi connectivity index (χ0v) is 16.1. The van der Waals surface area contributed by atoms with Gasteiger partial charge in [-0.3, -0.25) is 0 Å². The molecule has 2 aromatic carbocycles. The van der Waals surface area contributed by atoms with E-state index in [9.17, 15) is 9.18 Å². The first-order chi connectivity index (χ1) is 12.1. The van der Waals surface area contributed by atoms with Crippen molar-refractivity contribution in [3.8, 4) is 0 Å². The van der Waals surface area contributed by atoms with Crippen molar-refractivity contribution < 1.29 is 13.9 Å². The molecule has 4 heteroatoms. The van der Waals surface area contributed by atoms with Crippen LogP contribution in [0.25, 0.3) is 0 Å². The van der Waals surface area contributed by atoms with E-state index in [1.807, 2.05) is 6.07 Å². The number of halogens is 1. The van der Waals surface area contributed by atoms with Crippen LogP contribution in [0.3, 0.4) is 0 Å². The second-order valence-electron chi connectivity index (χ2n) is 8.34. The van der Waals surface area contributed by atoms with Crippen molar-refractivity contribution in [3.05, 3.63) is 58.9 Å². The first-order valence-electron chi connectivity index (χ1n) is 8.94. The summed E-state index contributed by atoms with van der Waals surface area (Å²) in [6.45, 7) is 9.12. The van der Waals surface area contributed by atoms with Gasteiger partial charge in [0, 0.05) is 11.4 Å². The lowest BCUT2D eigenvalue weighted by Crippen LogP contribution is -2.33. The number of fused-ring (bicyclic) bond motifs is 1. The molecule has 1 aliphatic rings. The SMILES string of the molecule is COC(=O)c1ccc(Nc2ccc3c(c2)C(C)(C)CCC3(C)C)cc1F. The Morgan fingerprint density at radius 1 is 0.962 bits per heavy atom. The second kappa shape index (κ2) is 6.42. The zero-order valence-electron chi connectivity index (χ0n) is 16.1. The lowest BCUT2D eigenvalue weighted by molar-refractivity contribution is 0.0595. The van der Waals surface area contributed by atoms with Gasteiger partial charge in [0.15, 0.2) is 0 Å². The van der Waals surface area contributed by atoms with E-state index in [0.29, 0.717) is 5.69 Å². The molecule has 3 nitrogen and oxygen atoms in total. The Morgan fingerprint density at radius 2 is 1.54 bits per heavy atom. The first kappa shape index (κ1) is 18.4. The molecule has 1 N–H and O–H groups in total. The number of methoxy groups -OCH3 is 1. The van der Waals surface area contributed by atoms with Crippen LogP contribution in [0.15, 0.2) is 36.4 Å². The van der Waals surface area contributed by atoms with Gasteiger partial charge in [-0.15, -0.1) is 0 Å². The van der Waals surface area contributed by atoms with Crippen LogP contribution >= 0.6 is 0 Å². The molecule has 0 saturated heterocycles. The average Bonchev–Trinajstić information content (AvgIpc) is 2.58. The van der Waals surface area contributed by atoms with E-state index in [2.05, 4.69) is 49.9 Å². The molecule has 0 aromatic heterocycles. The number of nitrogens with one attached hydrogen (secondary N) is 1. The van der Waals surface area contributed by atoms with Gasteiger partial charge in [0.1, 0.15) is 5.82 Å². The van der Waals surface area contributed by atoms with Gasteiger partial charge >= 0.3 is 5.97 Å². The molecule has 0 bridgehead atoms. The van der Waals surface area contributed by atoms with Crippen LogP contribution in [0.1, 0.15) is 62.0 Å². The third-order valence-electron chi connectivity index (χ3n) is 5.52. The van der Waals surface area contributed by atoms with Crippen LogP contribution in [0.5, 0.6) is 0 Å². The number of ether oxygens (including phenoxy) is 1. The Kier molecular flexibility index (Phi) is 4.55. The highest BCUT2D eigenvalue weighted by Crippen LogP contribution is 2.46. The number of hydrogen-bond acceptors (Lipinski definition) is 3. The van der Waals surface area contributed by atoms with Gasteiger partial charge in [0.25, 0.3) is 0 Å². The summed E-state index contributed by atoms with van der Waals surface area (Å²) in [6, 6.07) is 10.8. The molecule has 0 radical (unpaired) electrons. The number of rotatable bonds is 3. The summed E-state index contributed by atoms with van der Waals surface area (Å²) in [5.41, 5.74) is 4.45. The molecule has 0 aliphatic heterocycles. The Bertz CT molecular complexity index is 855. The number of anilines is 2. The maximum absolute atomic E-state index is 14.1. The molecular formula is C22H26FNO2. The van der Waals surface area contributed by atoms with Crippen molar-refractivity contribution in [2.45, 2.75) is 51.4 Å². The maximum Gasteiger partial charge on any atom is 0.340 e. The lowest BCUT2D eigenvalue weighted by atomic mass is 9.63. The Balaban J connectivity index is 1.93. The lowest BCUT2D eigenvalue weighted by Gasteiger charge is -2.42. The molecule has 2 aromatic rings. The largest absolute Gasteiger partial charge is 0.465 e. The molecule has 0 atom stereocenters. The highest BCUT2D eigenvalue weighted by molar-refractivity contribution is 5.90. The summed E-state index contributed by atoms with van der Waals surface area (Å²) in [6.07, 6.45) is 2.30. The summed E-state index contributed by atoms with van der Waals surface area (Å²) in [4.78, 5) is 11.5. The van der Waals surface area contributed by atoms with Crippen molar-refractivity contribution in [1.82, 2.24) is 0 Å². The van der Waals surface area contributed by atoms with Crippen LogP contribution in [0.4, 0.5) is 15.8 Å². The van der Waals surface area contributed by atoms with Crippen molar-refractivity contribution >= 4 is 17.3 Å². The predicted octanol–water partition coefficient (Wildman–Crippen LogP) is 5.70. The van der Waals surface area contributed by atoms with Gasteiger partial charge < -0.3 is 10.1 Å². The molecule has 0 spiro atoms. The normalized spacial score (nSPS) is 17.3. The third kappa shape index (κ3) is 3.33. The Hall–Kier alpha value is -2.36. The predicted molar refractivity (Wildman–Crippen MR) is 103 cm³/mol. The number of carbonyl (C=O) groups is 1. The minimum absolute atomic E-state index is 0.0635. The number of benzene rings is 2. The van der Waals surface area contributed by atoms with E-state index < -0.39 is 11.8 Å². The fraction of sp³-hybridized carbons (Fsp3) is 0.409. The highest BCUT2D eigenvalue weighted by atomic mass is 19.1. The maximum atomic E-state index is 14.1. The molecular weight excluding hydrogens is 329 g/mol. The molecule has 0 saturated carbocycles. The van der Waals surface area contributed by atoms with Crippen LogP contribution in [-0.2, 0) is 15.6 Å². The summed E-state index contributed by atoms with van der Waals surface area (Å²) >= 11 is 0. The van der Waals surface area contributed by atoms with Gasteiger partial charge in [-0.2, -0.15) is 0 Å². The van der Waals surface area contributed by atoms with E-state index in [1.54, 1.807) is 6.07 Å². The second-order valence-corrected chi connectivity index (χ2v) is 8.34. The number of esters is 1. The molecule has 26 heavy (non-hydrogen) atoms. The average molecular weight is 355 g/mol. The smallest absolute Gasteiger partial charge is 0.340 e. The summed E-state index contributed by atoms with van der Waals surface area (Å²) < 4.78 is 18.7.